The number of halogens is 2. The van der Waals surface area contributed by atoms with Crippen molar-refractivity contribution in [1.29, 1.82) is 0 Å². The predicted octanol–water partition coefficient (Wildman–Crippen LogP) is 3.32. The molecule has 2 N–H and O–H groups in total. The van der Waals surface area contributed by atoms with Gasteiger partial charge in [-0.2, -0.15) is 5.10 Å². The molecule has 1 aromatic heterocycles. The van der Waals surface area contributed by atoms with Crippen molar-refractivity contribution in [3.63, 3.8) is 0 Å². The van der Waals surface area contributed by atoms with Crippen LogP contribution in [0.1, 0.15) is 33.7 Å². The Labute approximate surface area is 154 Å². The Bertz CT molecular complexity index is 1010. The number of benzene rings is 2. The van der Waals surface area contributed by atoms with E-state index in [0.29, 0.717) is 5.69 Å². The van der Waals surface area contributed by atoms with Crippen LogP contribution in [0.5, 0.6) is 5.75 Å². The Morgan fingerprint density at radius 3 is 2.67 bits per heavy atom. The number of primary amides is 1. The molecule has 0 radical (unpaired) electrons. The maximum atomic E-state index is 13.9. The van der Waals surface area contributed by atoms with Crippen LogP contribution in [0.4, 0.5) is 8.78 Å². The molecule has 27 heavy (non-hydrogen) atoms. The number of carbonyl (C=O) groups excluding carboxylic acids is 1. The smallest absolute Gasteiger partial charge is 0.255 e. The number of nitrogens with two attached hydrogens (primary N) is 1. The van der Waals surface area contributed by atoms with Crippen molar-refractivity contribution < 1.29 is 18.3 Å². The van der Waals surface area contributed by atoms with E-state index in [2.05, 4.69) is 5.10 Å². The topological polar surface area (TPSA) is 70.1 Å². The van der Waals surface area contributed by atoms with Gasteiger partial charge < -0.3 is 10.5 Å². The summed E-state index contributed by atoms with van der Waals surface area (Å²) in [7, 11) is 0. The van der Waals surface area contributed by atoms with Crippen LogP contribution in [0.15, 0.2) is 42.5 Å². The van der Waals surface area contributed by atoms with E-state index in [1.807, 2.05) is 0 Å². The minimum atomic E-state index is -0.884. The number of amides is 1. The second-order valence-corrected chi connectivity index (χ2v) is 6.38. The van der Waals surface area contributed by atoms with Crippen LogP contribution in [0, 0.1) is 11.6 Å². The molecule has 1 aliphatic rings. The van der Waals surface area contributed by atoms with Crippen molar-refractivity contribution >= 4 is 5.91 Å². The molecule has 0 bridgehead atoms. The fourth-order valence-corrected chi connectivity index (χ4v) is 3.44. The summed E-state index contributed by atoms with van der Waals surface area (Å²) in [5.41, 5.74) is 8.61. The van der Waals surface area contributed by atoms with Crippen LogP contribution in [0.3, 0.4) is 0 Å². The van der Waals surface area contributed by atoms with E-state index in [-0.39, 0.29) is 23.7 Å². The zero-order valence-corrected chi connectivity index (χ0v) is 14.4. The fourth-order valence-electron chi connectivity index (χ4n) is 3.44. The summed E-state index contributed by atoms with van der Waals surface area (Å²) < 4.78 is 34.6. The molecule has 3 aromatic rings. The minimum Gasteiger partial charge on any atom is -0.486 e. The summed E-state index contributed by atoms with van der Waals surface area (Å²) in [5.74, 6) is -1.82. The average Bonchev–Trinajstić information content (AvgIpc) is 3.23. The van der Waals surface area contributed by atoms with Crippen LogP contribution in [0.2, 0.25) is 0 Å². The van der Waals surface area contributed by atoms with E-state index in [4.69, 9.17) is 10.5 Å². The quantitative estimate of drug-likeness (QED) is 0.750. The number of carbonyl (C=O) groups is 1. The third-order valence-corrected chi connectivity index (χ3v) is 4.67. The molecule has 0 aliphatic heterocycles. The number of aromatic nitrogens is 2. The monoisotopic (exact) mass is 369 g/mol. The van der Waals surface area contributed by atoms with Gasteiger partial charge in [-0.25, -0.2) is 13.5 Å². The number of nitrogens with zero attached hydrogens (tertiary/aromatic N) is 2. The number of ether oxygens (including phenoxy) is 1. The lowest BCUT2D eigenvalue weighted by Crippen LogP contribution is -2.15. The zero-order chi connectivity index (χ0) is 19.0. The Morgan fingerprint density at radius 1 is 1.15 bits per heavy atom. The molecule has 7 heteroatoms. The Balaban J connectivity index is 1.65. The van der Waals surface area contributed by atoms with Crippen LogP contribution >= 0.6 is 0 Å². The molecule has 1 heterocycles. The number of hydrogen-bond acceptors (Lipinski definition) is 3. The van der Waals surface area contributed by atoms with Gasteiger partial charge in [0.15, 0.2) is 0 Å². The molecular formula is C20H17F2N3O2. The van der Waals surface area contributed by atoms with Crippen LogP contribution in [-0.2, 0) is 19.4 Å². The lowest BCUT2D eigenvalue weighted by molar-refractivity contribution is 0.0991. The first-order chi connectivity index (χ1) is 13.0. The molecule has 1 aliphatic carbocycles. The van der Waals surface area contributed by atoms with Gasteiger partial charge in [0.05, 0.1) is 5.69 Å². The van der Waals surface area contributed by atoms with Gasteiger partial charge in [0.1, 0.15) is 35.2 Å². The summed E-state index contributed by atoms with van der Waals surface area (Å²) in [6, 6.07) is 10.2. The summed E-state index contributed by atoms with van der Waals surface area (Å²) in [5, 5.41) is 4.60. The molecule has 0 fully saturated rings. The molecule has 0 saturated heterocycles. The number of rotatable bonds is 5. The summed E-state index contributed by atoms with van der Waals surface area (Å²) in [6.45, 7) is 0.0836. The minimum absolute atomic E-state index is 0.0836. The normalized spacial score (nSPS) is 12.8. The molecule has 138 valence electrons. The Kier molecular flexibility index (Phi) is 4.35. The predicted molar refractivity (Wildman–Crippen MR) is 94.8 cm³/mol. The van der Waals surface area contributed by atoms with E-state index < -0.39 is 11.7 Å². The molecule has 0 spiro atoms. The lowest BCUT2D eigenvalue weighted by Gasteiger charge is -2.09. The van der Waals surface area contributed by atoms with Crippen LogP contribution < -0.4 is 10.5 Å². The van der Waals surface area contributed by atoms with Crippen LogP contribution in [-0.4, -0.2) is 15.7 Å². The van der Waals surface area contributed by atoms with Gasteiger partial charge in [-0.15, -0.1) is 0 Å². The van der Waals surface area contributed by atoms with Crippen molar-refractivity contribution in [2.45, 2.75) is 25.9 Å². The van der Waals surface area contributed by atoms with E-state index in [9.17, 15) is 13.6 Å². The first-order valence-corrected chi connectivity index (χ1v) is 8.61. The molecule has 1 amide bonds. The van der Waals surface area contributed by atoms with E-state index in [1.165, 1.54) is 24.3 Å². The highest BCUT2D eigenvalue weighted by Gasteiger charge is 2.24. The van der Waals surface area contributed by atoms with Crippen molar-refractivity contribution in [3.05, 3.63) is 76.6 Å². The molecular weight excluding hydrogens is 352 g/mol. The number of fused-ring (bicyclic) bond motifs is 1. The zero-order valence-electron chi connectivity index (χ0n) is 14.4. The van der Waals surface area contributed by atoms with E-state index in [1.54, 1.807) is 16.8 Å². The molecule has 5 nitrogen and oxygen atoms in total. The van der Waals surface area contributed by atoms with Crippen LogP contribution in [0.25, 0.3) is 5.69 Å². The van der Waals surface area contributed by atoms with Crippen molar-refractivity contribution in [3.8, 4) is 11.4 Å². The Hall–Kier alpha value is -3.22. The second kappa shape index (κ2) is 6.83. The van der Waals surface area contributed by atoms with E-state index in [0.717, 1.165) is 42.3 Å². The summed E-state index contributed by atoms with van der Waals surface area (Å²) in [4.78, 5) is 11.5. The van der Waals surface area contributed by atoms with E-state index >= 15 is 0 Å². The van der Waals surface area contributed by atoms with Gasteiger partial charge in [0, 0.05) is 11.3 Å². The van der Waals surface area contributed by atoms with Gasteiger partial charge in [-0.3, -0.25) is 4.79 Å². The standard InChI is InChI=1S/C20H17F2N3O2/c21-12-7-9-13(10-8-12)25-17-5-1-3-14(17)16(24-25)11-27-18-6-2-4-15(22)19(18)20(23)26/h2,4,6-10H,1,3,5,11H2,(H2,23,26). The fraction of sp³-hybridized carbons (Fsp3) is 0.200. The Morgan fingerprint density at radius 2 is 1.93 bits per heavy atom. The first kappa shape index (κ1) is 17.2. The largest absolute Gasteiger partial charge is 0.486 e. The molecule has 0 unspecified atom stereocenters. The first-order valence-electron chi connectivity index (χ1n) is 8.61. The second-order valence-electron chi connectivity index (χ2n) is 6.38. The van der Waals surface area contributed by atoms with Crippen molar-refractivity contribution in [2.75, 3.05) is 0 Å². The van der Waals surface area contributed by atoms with Gasteiger partial charge in [-0.1, -0.05) is 6.07 Å². The van der Waals surface area contributed by atoms with Gasteiger partial charge in [0.2, 0.25) is 0 Å². The highest BCUT2D eigenvalue weighted by Crippen LogP contribution is 2.29. The average molecular weight is 369 g/mol. The SMILES string of the molecule is NC(=O)c1c(F)cccc1OCc1nn(-c2ccc(F)cc2)c2c1CCC2. The van der Waals surface area contributed by atoms with Gasteiger partial charge in [-0.05, 0) is 55.7 Å². The highest BCUT2D eigenvalue weighted by molar-refractivity contribution is 5.95. The van der Waals surface area contributed by atoms with Gasteiger partial charge >= 0.3 is 0 Å². The maximum Gasteiger partial charge on any atom is 0.255 e. The maximum absolute atomic E-state index is 13.9. The summed E-state index contributed by atoms with van der Waals surface area (Å²) >= 11 is 0. The third kappa shape index (κ3) is 3.16. The highest BCUT2D eigenvalue weighted by atomic mass is 19.1. The lowest BCUT2D eigenvalue weighted by atomic mass is 10.1. The van der Waals surface area contributed by atoms with Crippen molar-refractivity contribution in [1.82, 2.24) is 9.78 Å². The third-order valence-electron chi connectivity index (χ3n) is 4.67. The molecule has 2 aromatic carbocycles. The molecule has 4 rings (SSSR count). The van der Waals surface area contributed by atoms with Gasteiger partial charge in [0.25, 0.3) is 5.91 Å². The molecule has 0 saturated carbocycles. The summed E-state index contributed by atoms with van der Waals surface area (Å²) in [6.07, 6.45) is 2.72. The number of hydrogen-bond donors (Lipinski definition) is 1. The van der Waals surface area contributed by atoms with Crippen molar-refractivity contribution in [2.24, 2.45) is 5.73 Å². The molecule has 0 atom stereocenters.